The molecule has 0 saturated carbocycles. The maximum atomic E-state index is 10.8. The Morgan fingerprint density at radius 3 is 2.89 bits per heavy atom. The van der Waals surface area contributed by atoms with Crippen LogP contribution in [0.2, 0.25) is 0 Å². The Balaban J connectivity index is 2.33. The third kappa shape index (κ3) is 2.78. The standard InChI is InChI=1S/C12H12N4O3/c1-8-10(16(17)18)3-2-4-11(8)19-9-5-6-14-12(7-9)15-13/h2-7H,13H2,1H3,(H,14,15). The van der Waals surface area contributed by atoms with E-state index in [0.29, 0.717) is 22.9 Å². The highest BCUT2D eigenvalue weighted by molar-refractivity contribution is 5.50. The zero-order valence-electron chi connectivity index (χ0n) is 10.2. The highest BCUT2D eigenvalue weighted by atomic mass is 16.6. The topological polar surface area (TPSA) is 103 Å². The van der Waals surface area contributed by atoms with Crippen molar-refractivity contribution in [2.24, 2.45) is 5.84 Å². The van der Waals surface area contributed by atoms with E-state index in [4.69, 9.17) is 10.6 Å². The molecule has 0 spiro atoms. The zero-order valence-corrected chi connectivity index (χ0v) is 10.2. The Bertz CT molecular complexity index is 616. The fourth-order valence-corrected chi connectivity index (χ4v) is 1.59. The van der Waals surface area contributed by atoms with E-state index < -0.39 is 4.92 Å². The molecule has 2 rings (SSSR count). The van der Waals surface area contributed by atoms with E-state index >= 15 is 0 Å². The van der Waals surface area contributed by atoms with Crippen molar-refractivity contribution in [2.45, 2.75) is 6.92 Å². The smallest absolute Gasteiger partial charge is 0.276 e. The van der Waals surface area contributed by atoms with E-state index in [1.54, 1.807) is 31.2 Å². The van der Waals surface area contributed by atoms with Crippen LogP contribution in [0.15, 0.2) is 36.5 Å². The maximum Gasteiger partial charge on any atom is 0.276 e. The monoisotopic (exact) mass is 260 g/mol. The van der Waals surface area contributed by atoms with E-state index in [1.165, 1.54) is 12.3 Å². The molecule has 1 heterocycles. The van der Waals surface area contributed by atoms with Gasteiger partial charge in [-0.15, -0.1) is 0 Å². The number of hydrogen-bond acceptors (Lipinski definition) is 6. The number of anilines is 1. The van der Waals surface area contributed by atoms with Gasteiger partial charge in [0.15, 0.2) is 0 Å². The van der Waals surface area contributed by atoms with Crippen LogP contribution in [0.1, 0.15) is 5.56 Å². The number of nitrogens with zero attached hydrogens (tertiary/aromatic N) is 2. The van der Waals surface area contributed by atoms with Crippen molar-refractivity contribution in [3.63, 3.8) is 0 Å². The average Bonchev–Trinajstić information content (AvgIpc) is 2.41. The van der Waals surface area contributed by atoms with E-state index in [9.17, 15) is 10.1 Å². The first-order valence-corrected chi connectivity index (χ1v) is 5.46. The van der Waals surface area contributed by atoms with Gasteiger partial charge in [0, 0.05) is 18.3 Å². The lowest BCUT2D eigenvalue weighted by Crippen LogP contribution is -2.08. The Hall–Kier alpha value is -2.67. The SMILES string of the molecule is Cc1c(Oc2ccnc(NN)c2)cccc1[N+](=O)[O-]. The second-order valence-corrected chi connectivity index (χ2v) is 3.78. The van der Waals surface area contributed by atoms with Gasteiger partial charge in [0.25, 0.3) is 5.69 Å². The summed E-state index contributed by atoms with van der Waals surface area (Å²) < 4.78 is 5.60. The Morgan fingerprint density at radius 2 is 2.21 bits per heavy atom. The molecule has 0 amide bonds. The van der Waals surface area contributed by atoms with Gasteiger partial charge < -0.3 is 10.2 Å². The zero-order chi connectivity index (χ0) is 13.8. The maximum absolute atomic E-state index is 10.8. The molecule has 2 aromatic rings. The van der Waals surface area contributed by atoms with Crippen molar-refractivity contribution in [2.75, 3.05) is 5.43 Å². The molecule has 0 unspecified atom stereocenters. The van der Waals surface area contributed by atoms with Crippen molar-refractivity contribution < 1.29 is 9.66 Å². The van der Waals surface area contributed by atoms with Crippen LogP contribution in [-0.2, 0) is 0 Å². The number of nitro benzene ring substituents is 1. The fraction of sp³-hybridized carbons (Fsp3) is 0.0833. The molecule has 0 aliphatic carbocycles. The third-order valence-corrected chi connectivity index (χ3v) is 2.56. The molecule has 3 N–H and O–H groups in total. The van der Waals surface area contributed by atoms with Crippen molar-refractivity contribution in [3.05, 3.63) is 52.2 Å². The highest BCUT2D eigenvalue weighted by Gasteiger charge is 2.14. The first-order valence-electron chi connectivity index (χ1n) is 5.46. The largest absolute Gasteiger partial charge is 0.457 e. The summed E-state index contributed by atoms with van der Waals surface area (Å²) in [5, 5.41) is 10.8. The number of benzene rings is 1. The molecule has 0 saturated heterocycles. The van der Waals surface area contributed by atoms with Gasteiger partial charge in [0.2, 0.25) is 0 Å². The second-order valence-electron chi connectivity index (χ2n) is 3.78. The van der Waals surface area contributed by atoms with Gasteiger partial charge >= 0.3 is 0 Å². The molecular formula is C12H12N4O3. The molecule has 1 aromatic carbocycles. The van der Waals surface area contributed by atoms with Gasteiger partial charge in [-0.1, -0.05) is 6.07 Å². The number of nitrogen functional groups attached to an aromatic ring is 1. The molecule has 0 fully saturated rings. The molecule has 7 heteroatoms. The Labute approximate surface area is 109 Å². The first kappa shape index (κ1) is 12.8. The number of nitro groups is 1. The van der Waals surface area contributed by atoms with Crippen LogP contribution in [0.25, 0.3) is 0 Å². The van der Waals surface area contributed by atoms with Crippen molar-refractivity contribution in [1.82, 2.24) is 4.98 Å². The van der Waals surface area contributed by atoms with Gasteiger partial charge in [-0.3, -0.25) is 10.1 Å². The number of aromatic nitrogens is 1. The first-order chi connectivity index (χ1) is 9.11. The molecule has 1 aromatic heterocycles. The van der Waals surface area contributed by atoms with Crippen LogP contribution in [-0.4, -0.2) is 9.91 Å². The lowest BCUT2D eigenvalue weighted by Gasteiger charge is -2.09. The fourth-order valence-electron chi connectivity index (χ4n) is 1.59. The summed E-state index contributed by atoms with van der Waals surface area (Å²) in [4.78, 5) is 14.3. The summed E-state index contributed by atoms with van der Waals surface area (Å²) in [6.07, 6.45) is 1.53. The molecular weight excluding hydrogens is 248 g/mol. The molecule has 0 bridgehead atoms. The van der Waals surface area contributed by atoms with Crippen molar-refractivity contribution in [1.29, 1.82) is 0 Å². The van der Waals surface area contributed by atoms with Crippen LogP contribution >= 0.6 is 0 Å². The molecule has 0 aliphatic heterocycles. The van der Waals surface area contributed by atoms with Gasteiger partial charge in [0.1, 0.15) is 17.3 Å². The molecule has 0 radical (unpaired) electrons. The van der Waals surface area contributed by atoms with Crippen molar-refractivity contribution in [3.8, 4) is 11.5 Å². The van der Waals surface area contributed by atoms with E-state index in [0.717, 1.165) is 0 Å². The summed E-state index contributed by atoms with van der Waals surface area (Å²) in [5.41, 5.74) is 2.88. The Kier molecular flexibility index (Phi) is 3.58. The van der Waals surface area contributed by atoms with Crippen LogP contribution in [0.5, 0.6) is 11.5 Å². The molecule has 0 aliphatic rings. The van der Waals surface area contributed by atoms with Crippen LogP contribution in [0.4, 0.5) is 11.5 Å². The van der Waals surface area contributed by atoms with Crippen LogP contribution in [0.3, 0.4) is 0 Å². The summed E-state index contributed by atoms with van der Waals surface area (Å²) in [6.45, 7) is 1.64. The number of hydrazine groups is 1. The highest BCUT2D eigenvalue weighted by Crippen LogP contribution is 2.31. The van der Waals surface area contributed by atoms with Gasteiger partial charge in [-0.2, -0.15) is 0 Å². The van der Waals surface area contributed by atoms with E-state index in [2.05, 4.69) is 10.4 Å². The minimum absolute atomic E-state index is 0.0173. The van der Waals surface area contributed by atoms with Crippen molar-refractivity contribution >= 4 is 11.5 Å². The second kappa shape index (κ2) is 5.32. The summed E-state index contributed by atoms with van der Waals surface area (Å²) in [6, 6.07) is 7.90. The van der Waals surface area contributed by atoms with Crippen LogP contribution in [0, 0.1) is 17.0 Å². The number of nitrogens with two attached hydrogens (primary N) is 1. The summed E-state index contributed by atoms with van der Waals surface area (Å²) in [7, 11) is 0. The normalized spacial score (nSPS) is 10.0. The quantitative estimate of drug-likeness (QED) is 0.497. The molecule has 98 valence electrons. The molecule has 19 heavy (non-hydrogen) atoms. The molecule has 7 nitrogen and oxygen atoms in total. The number of nitrogens with one attached hydrogen (secondary N) is 1. The minimum Gasteiger partial charge on any atom is -0.457 e. The average molecular weight is 260 g/mol. The van der Waals surface area contributed by atoms with E-state index in [1.807, 2.05) is 0 Å². The van der Waals surface area contributed by atoms with Gasteiger partial charge in [-0.25, -0.2) is 10.8 Å². The van der Waals surface area contributed by atoms with Gasteiger partial charge in [0.05, 0.1) is 10.5 Å². The Morgan fingerprint density at radius 1 is 1.42 bits per heavy atom. The number of hydrogen-bond donors (Lipinski definition) is 2. The molecule has 0 atom stereocenters. The predicted molar refractivity (Wildman–Crippen MR) is 70.0 cm³/mol. The number of rotatable bonds is 4. The lowest BCUT2D eigenvalue weighted by molar-refractivity contribution is -0.385. The summed E-state index contributed by atoms with van der Waals surface area (Å²) >= 11 is 0. The van der Waals surface area contributed by atoms with Gasteiger partial charge in [-0.05, 0) is 19.1 Å². The minimum atomic E-state index is -0.443. The lowest BCUT2D eigenvalue weighted by atomic mass is 10.2. The predicted octanol–water partition coefficient (Wildman–Crippen LogP) is 2.38. The van der Waals surface area contributed by atoms with Crippen LogP contribution < -0.4 is 16.0 Å². The summed E-state index contributed by atoms with van der Waals surface area (Å²) in [5.74, 6) is 6.61. The number of ether oxygens (including phenoxy) is 1. The third-order valence-electron chi connectivity index (χ3n) is 2.56. The van der Waals surface area contributed by atoms with E-state index in [-0.39, 0.29) is 5.69 Å². The number of pyridine rings is 1.